The summed E-state index contributed by atoms with van der Waals surface area (Å²) < 4.78 is 4.67. The van der Waals surface area contributed by atoms with Crippen molar-refractivity contribution in [1.82, 2.24) is 0 Å². The summed E-state index contributed by atoms with van der Waals surface area (Å²) in [7, 11) is 0. The van der Waals surface area contributed by atoms with Crippen LogP contribution in [0.25, 0.3) is 0 Å². The maximum Gasteiger partial charge on any atom is 0.302 e. The van der Waals surface area contributed by atoms with Crippen LogP contribution >= 0.6 is 0 Å². The van der Waals surface area contributed by atoms with Crippen molar-refractivity contribution in [3.8, 4) is 11.5 Å². The van der Waals surface area contributed by atoms with E-state index < -0.39 is 17.5 Å². The number of benzene rings is 1. The Morgan fingerprint density at radius 3 is 2.67 bits per heavy atom. The van der Waals surface area contributed by atoms with Crippen molar-refractivity contribution in [2.75, 3.05) is 0 Å². The van der Waals surface area contributed by atoms with Gasteiger partial charge in [0.25, 0.3) is 0 Å². The van der Waals surface area contributed by atoms with Crippen LogP contribution in [0.1, 0.15) is 22.8 Å². The molecule has 0 fully saturated rings. The second-order valence-electron chi connectivity index (χ2n) is 2.95. The van der Waals surface area contributed by atoms with E-state index in [9.17, 15) is 19.8 Å². The molecule has 0 aromatic heterocycles. The molecule has 0 aliphatic carbocycles. The molecule has 0 saturated heterocycles. The Bertz CT molecular complexity index is 397. The molecule has 0 amide bonds. The molecule has 2 N–H and O–H groups in total. The van der Waals surface area contributed by atoms with Crippen LogP contribution in [0, 0.1) is 0 Å². The van der Waals surface area contributed by atoms with E-state index in [1.165, 1.54) is 19.1 Å². The highest BCUT2D eigenvalue weighted by molar-refractivity contribution is 5.81. The Morgan fingerprint density at radius 2 is 2.13 bits per heavy atom. The van der Waals surface area contributed by atoms with Crippen LogP contribution in [0.4, 0.5) is 0 Å². The van der Waals surface area contributed by atoms with E-state index in [1.807, 2.05) is 0 Å². The first-order valence-electron chi connectivity index (χ1n) is 4.18. The summed E-state index contributed by atoms with van der Waals surface area (Å²) in [6.07, 6.45) is 0.409. The first-order chi connectivity index (χ1) is 7.04. The summed E-state index contributed by atoms with van der Waals surface area (Å²) in [5, 5.41) is 18.4. The third-order valence-electron chi connectivity index (χ3n) is 1.75. The molecule has 1 rings (SSSR count). The maximum absolute atomic E-state index is 10.5. The number of hydrogen-bond acceptors (Lipinski definition) is 5. The van der Waals surface area contributed by atoms with Crippen LogP contribution < -0.4 is 0 Å². The molecular formula is C10H10O5. The number of hydrogen-bond donors (Lipinski definition) is 2. The molecule has 5 nitrogen and oxygen atoms in total. The number of carbonyl (C=O) groups is 2. The minimum Gasteiger partial charge on any atom is -0.504 e. The molecule has 0 aliphatic heterocycles. The number of phenolic OH excluding ortho intramolecular Hbond substituents is 2. The van der Waals surface area contributed by atoms with Crippen molar-refractivity contribution < 1.29 is 24.5 Å². The smallest absolute Gasteiger partial charge is 0.302 e. The minimum absolute atomic E-state index is 0.0443. The van der Waals surface area contributed by atoms with Crippen LogP contribution in [0.2, 0.25) is 0 Å². The minimum atomic E-state index is -0.475. The lowest BCUT2D eigenvalue weighted by Crippen LogP contribution is -1.99. The van der Waals surface area contributed by atoms with E-state index in [2.05, 4.69) is 4.74 Å². The van der Waals surface area contributed by atoms with Gasteiger partial charge in [-0.05, 0) is 17.7 Å². The molecule has 1 aromatic carbocycles. The second kappa shape index (κ2) is 4.45. The lowest BCUT2D eigenvalue weighted by Gasteiger charge is -2.06. The van der Waals surface area contributed by atoms with E-state index in [-0.39, 0.29) is 12.2 Å². The van der Waals surface area contributed by atoms with Gasteiger partial charge in [0.2, 0.25) is 0 Å². The van der Waals surface area contributed by atoms with Gasteiger partial charge in [0.1, 0.15) is 6.61 Å². The molecule has 0 radical (unpaired) electrons. The Morgan fingerprint density at radius 1 is 1.47 bits per heavy atom. The highest BCUT2D eigenvalue weighted by Gasteiger charge is 2.09. The lowest BCUT2D eigenvalue weighted by atomic mass is 10.1. The van der Waals surface area contributed by atoms with Gasteiger partial charge in [0.05, 0.1) is 5.56 Å². The van der Waals surface area contributed by atoms with E-state index in [0.29, 0.717) is 11.8 Å². The molecule has 0 bridgehead atoms. The van der Waals surface area contributed by atoms with E-state index >= 15 is 0 Å². The molecule has 15 heavy (non-hydrogen) atoms. The quantitative estimate of drug-likeness (QED) is 0.441. The highest BCUT2D eigenvalue weighted by Crippen LogP contribution is 2.29. The summed E-state index contributed by atoms with van der Waals surface area (Å²) in [5.74, 6) is -1.35. The first-order valence-corrected chi connectivity index (χ1v) is 4.18. The third-order valence-corrected chi connectivity index (χ3v) is 1.75. The number of phenols is 2. The molecule has 1 aromatic rings. The summed E-state index contributed by atoms with van der Waals surface area (Å²) in [6.45, 7) is 1.20. The molecule has 0 spiro atoms. The third kappa shape index (κ3) is 2.70. The van der Waals surface area contributed by atoms with Crippen LogP contribution in [0.3, 0.4) is 0 Å². The topological polar surface area (TPSA) is 83.8 Å². The Balaban J connectivity index is 2.95. The summed E-state index contributed by atoms with van der Waals surface area (Å²) in [4.78, 5) is 21.0. The molecule has 80 valence electrons. The molecule has 0 unspecified atom stereocenters. The van der Waals surface area contributed by atoms with Gasteiger partial charge >= 0.3 is 5.97 Å². The van der Waals surface area contributed by atoms with Gasteiger partial charge in [-0.3, -0.25) is 9.59 Å². The Hall–Kier alpha value is -2.04. The second-order valence-corrected chi connectivity index (χ2v) is 2.95. The van der Waals surface area contributed by atoms with Gasteiger partial charge in [-0.25, -0.2) is 0 Å². The lowest BCUT2D eigenvalue weighted by molar-refractivity contribution is -0.142. The van der Waals surface area contributed by atoms with Crippen molar-refractivity contribution in [2.24, 2.45) is 0 Å². The fraction of sp³-hybridized carbons (Fsp3) is 0.200. The van der Waals surface area contributed by atoms with Crippen LogP contribution in [-0.4, -0.2) is 22.5 Å². The maximum atomic E-state index is 10.5. The zero-order chi connectivity index (χ0) is 11.4. The number of aldehydes is 1. The standard InChI is InChI=1S/C10H10O5/c1-6(12)15-5-7-2-8(4-11)10(14)9(13)3-7/h2-4,13-14H,5H2,1H3. The summed E-state index contributed by atoms with van der Waals surface area (Å²) >= 11 is 0. The molecular weight excluding hydrogens is 200 g/mol. The van der Waals surface area contributed by atoms with Crippen LogP contribution in [0.5, 0.6) is 11.5 Å². The highest BCUT2D eigenvalue weighted by atomic mass is 16.5. The monoisotopic (exact) mass is 210 g/mol. The van der Waals surface area contributed by atoms with E-state index in [0.717, 1.165) is 0 Å². The van der Waals surface area contributed by atoms with Crippen molar-refractivity contribution >= 4 is 12.3 Å². The molecule has 0 heterocycles. The molecule has 5 heteroatoms. The predicted octanol–water partition coefficient (Wildman–Crippen LogP) is 0.973. The summed E-state index contributed by atoms with van der Waals surface area (Å²) in [5.41, 5.74) is 0.389. The van der Waals surface area contributed by atoms with Gasteiger partial charge in [0, 0.05) is 6.92 Å². The van der Waals surface area contributed by atoms with Crippen molar-refractivity contribution in [2.45, 2.75) is 13.5 Å². The van der Waals surface area contributed by atoms with Crippen molar-refractivity contribution in [3.05, 3.63) is 23.3 Å². The van der Waals surface area contributed by atoms with Crippen LogP contribution in [-0.2, 0) is 16.1 Å². The average molecular weight is 210 g/mol. The largest absolute Gasteiger partial charge is 0.504 e. The number of rotatable bonds is 3. The van der Waals surface area contributed by atoms with Gasteiger partial charge in [-0.1, -0.05) is 0 Å². The van der Waals surface area contributed by atoms with Crippen LogP contribution in [0.15, 0.2) is 12.1 Å². The first kappa shape index (κ1) is 11.0. The zero-order valence-electron chi connectivity index (χ0n) is 8.06. The van der Waals surface area contributed by atoms with Gasteiger partial charge in [-0.15, -0.1) is 0 Å². The van der Waals surface area contributed by atoms with E-state index in [1.54, 1.807) is 0 Å². The van der Waals surface area contributed by atoms with E-state index in [4.69, 9.17) is 0 Å². The Labute approximate surface area is 85.9 Å². The number of ether oxygens (including phenoxy) is 1. The molecule has 0 aliphatic rings. The summed E-state index contributed by atoms with van der Waals surface area (Å²) in [6, 6.07) is 2.57. The van der Waals surface area contributed by atoms with Gasteiger partial charge in [-0.2, -0.15) is 0 Å². The Kier molecular flexibility index (Phi) is 3.28. The fourth-order valence-corrected chi connectivity index (χ4v) is 1.06. The predicted molar refractivity (Wildman–Crippen MR) is 50.6 cm³/mol. The SMILES string of the molecule is CC(=O)OCc1cc(O)c(O)c(C=O)c1. The van der Waals surface area contributed by atoms with Crippen molar-refractivity contribution in [1.29, 1.82) is 0 Å². The fourth-order valence-electron chi connectivity index (χ4n) is 1.06. The number of esters is 1. The molecule has 0 atom stereocenters. The number of aromatic hydroxyl groups is 2. The van der Waals surface area contributed by atoms with Crippen molar-refractivity contribution in [3.63, 3.8) is 0 Å². The normalized spacial score (nSPS) is 9.67. The van der Waals surface area contributed by atoms with Gasteiger partial charge < -0.3 is 14.9 Å². The average Bonchev–Trinajstić information content (AvgIpc) is 2.19. The molecule has 0 saturated carbocycles. The van der Waals surface area contributed by atoms with Gasteiger partial charge in [0.15, 0.2) is 17.8 Å². The number of carbonyl (C=O) groups excluding carboxylic acids is 2. The zero-order valence-corrected chi connectivity index (χ0v) is 8.06.